The van der Waals surface area contributed by atoms with Crippen LogP contribution in [0.3, 0.4) is 0 Å². The lowest BCUT2D eigenvalue weighted by Crippen LogP contribution is -2.12. The number of nitrogens with one attached hydrogen (secondary N) is 1. The van der Waals surface area contributed by atoms with Crippen LogP contribution in [0.2, 0.25) is 0 Å². The Morgan fingerprint density at radius 1 is 1.19 bits per heavy atom. The van der Waals surface area contributed by atoms with Gasteiger partial charge in [-0.25, -0.2) is 4.39 Å². The van der Waals surface area contributed by atoms with E-state index in [-0.39, 0.29) is 5.56 Å². The van der Waals surface area contributed by atoms with Gasteiger partial charge in [-0.1, -0.05) is 32.0 Å². The van der Waals surface area contributed by atoms with Gasteiger partial charge in [0.05, 0.1) is 0 Å². The third kappa shape index (κ3) is 3.81. The van der Waals surface area contributed by atoms with Crippen molar-refractivity contribution in [2.45, 2.75) is 26.3 Å². The van der Waals surface area contributed by atoms with E-state index in [4.69, 9.17) is 5.73 Å². The fourth-order valence-corrected chi connectivity index (χ4v) is 2.03. The van der Waals surface area contributed by atoms with E-state index < -0.39 is 11.7 Å². The zero-order valence-corrected chi connectivity index (χ0v) is 12.2. The molecule has 3 nitrogen and oxygen atoms in total. The summed E-state index contributed by atoms with van der Waals surface area (Å²) in [5.41, 5.74) is 7.98. The Morgan fingerprint density at radius 2 is 1.86 bits per heavy atom. The SMILES string of the molecule is CC(C)c1ccc(NCc2ccc(C(N)=O)cc2F)cc1. The van der Waals surface area contributed by atoms with E-state index in [1.165, 1.54) is 17.7 Å². The normalized spacial score (nSPS) is 10.7. The first-order chi connectivity index (χ1) is 9.97. The number of hydrogen-bond donors (Lipinski definition) is 2. The highest BCUT2D eigenvalue weighted by Crippen LogP contribution is 2.18. The van der Waals surface area contributed by atoms with Crippen LogP contribution in [0.15, 0.2) is 42.5 Å². The van der Waals surface area contributed by atoms with Crippen LogP contribution in [0.25, 0.3) is 0 Å². The van der Waals surface area contributed by atoms with Crippen LogP contribution in [0, 0.1) is 5.82 Å². The number of amides is 1. The molecular formula is C17H19FN2O. The second kappa shape index (κ2) is 6.39. The minimum absolute atomic E-state index is 0.178. The summed E-state index contributed by atoms with van der Waals surface area (Å²) in [5, 5.41) is 3.16. The van der Waals surface area contributed by atoms with Crippen molar-refractivity contribution >= 4 is 11.6 Å². The summed E-state index contributed by atoms with van der Waals surface area (Å²) in [6, 6.07) is 12.3. The van der Waals surface area contributed by atoms with Crippen LogP contribution in [0.4, 0.5) is 10.1 Å². The van der Waals surface area contributed by atoms with Crippen LogP contribution in [-0.2, 0) is 6.54 Å². The molecule has 110 valence electrons. The van der Waals surface area contributed by atoms with E-state index in [9.17, 15) is 9.18 Å². The molecule has 0 radical (unpaired) electrons. The molecule has 0 heterocycles. The molecule has 0 unspecified atom stereocenters. The van der Waals surface area contributed by atoms with Gasteiger partial charge in [-0.3, -0.25) is 4.79 Å². The maximum absolute atomic E-state index is 13.8. The Bertz CT molecular complexity index is 636. The van der Waals surface area contributed by atoms with E-state index in [2.05, 4.69) is 31.3 Å². The fraction of sp³-hybridized carbons (Fsp3) is 0.235. The molecule has 0 saturated carbocycles. The summed E-state index contributed by atoms with van der Waals surface area (Å²) in [6.45, 7) is 4.63. The van der Waals surface area contributed by atoms with Gasteiger partial charge in [0, 0.05) is 23.4 Å². The molecule has 3 N–H and O–H groups in total. The maximum Gasteiger partial charge on any atom is 0.248 e. The average molecular weight is 286 g/mol. The Kier molecular flexibility index (Phi) is 4.58. The number of nitrogens with two attached hydrogens (primary N) is 1. The summed E-state index contributed by atoms with van der Waals surface area (Å²) in [7, 11) is 0. The molecule has 0 aliphatic heterocycles. The van der Waals surface area contributed by atoms with Crippen molar-refractivity contribution in [3.05, 3.63) is 65.0 Å². The van der Waals surface area contributed by atoms with Gasteiger partial charge in [0.1, 0.15) is 5.82 Å². The summed E-state index contributed by atoms with van der Waals surface area (Å²) in [4.78, 5) is 11.0. The number of halogens is 1. The third-order valence-corrected chi connectivity index (χ3v) is 3.40. The lowest BCUT2D eigenvalue weighted by molar-refractivity contribution is 0.1000. The van der Waals surface area contributed by atoms with Crippen molar-refractivity contribution < 1.29 is 9.18 Å². The smallest absolute Gasteiger partial charge is 0.248 e. The molecule has 0 saturated heterocycles. The maximum atomic E-state index is 13.8. The van der Waals surface area contributed by atoms with E-state index in [1.54, 1.807) is 6.07 Å². The van der Waals surface area contributed by atoms with Crippen molar-refractivity contribution in [3.8, 4) is 0 Å². The number of primary amides is 1. The minimum atomic E-state index is -0.627. The second-order valence-electron chi connectivity index (χ2n) is 5.30. The lowest BCUT2D eigenvalue weighted by atomic mass is 10.0. The molecule has 4 heteroatoms. The van der Waals surface area contributed by atoms with Crippen LogP contribution in [-0.4, -0.2) is 5.91 Å². The molecule has 0 spiro atoms. The molecule has 2 aromatic rings. The largest absolute Gasteiger partial charge is 0.381 e. The molecule has 0 aliphatic carbocycles. The van der Waals surface area contributed by atoms with Crippen molar-refractivity contribution in [1.29, 1.82) is 0 Å². The third-order valence-electron chi connectivity index (χ3n) is 3.40. The first kappa shape index (κ1) is 15.0. The number of carbonyl (C=O) groups excluding carboxylic acids is 1. The van der Waals surface area contributed by atoms with Gasteiger partial charge in [0.2, 0.25) is 5.91 Å². The van der Waals surface area contributed by atoms with Gasteiger partial charge in [0.15, 0.2) is 0 Å². The Hall–Kier alpha value is -2.36. The predicted molar refractivity (Wildman–Crippen MR) is 82.8 cm³/mol. The topological polar surface area (TPSA) is 55.1 Å². The van der Waals surface area contributed by atoms with Gasteiger partial charge >= 0.3 is 0 Å². The second-order valence-corrected chi connectivity index (χ2v) is 5.30. The van der Waals surface area contributed by atoms with Gasteiger partial charge < -0.3 is 11.1 Å². The zero-order valence-electron chi connectivity index (χ0n) is 12.2. The zero-order chi connectivity index (χ0) is 15.4. The first-order valence-electron chi connectivity index (χ1n) is 6.89. The molecule has 0 aliphatic rings. The van der Waals surface area contributed by atoms with Crippen LogP contribution >= 0.6 is 0 Å². The molecule has 0 fully saturated rings. The van der Waals surface area contributed by atoms with Crippen LogP contribution in [0.5, 0.6) is 0 Å². The van der Waals surface area contributed by atoms with Crippen molar-refractivity contribution in [1.82, 2.24) is 0 Å². The Labute approximate surface area is 124 Å². The van der Waals surface area contributed by atoms with Gasteiger partial charge in [0.25, 0.3) is 0 Å². The van der Waals surface area contributed by atoms with E-state index in [1.807, 2.05) is 12.1 Å². The number of rotatable bonds is 5. The molecule has 2 rings (SSSR count). The summed E-state index contributed by atoms with van der Waals surface area (Å²) in [6.07, 6.45) is 0. The molecule has 2 aromatic carbocycles. The minimum Gasteiger partial charge on any atom is -0.381 e. The molecule has 0 bridgehead atoms. The Balaban J connectivity index is 2.04. The highest BCUT2D eigenvalue weighted by atomic mass is 19.1. The first-order valence-corrected chi connectivity index (χ1v) is 6.89. The summed E-state index contributed by atoms with van der Waals surface area (Å²) < 4.78 is 13.8. The monoisotopic (exact) mass is 286 g/mol. The van der Waals surface area contributed by atoms with Crippen molar-refractivity contribution in [3.63, 3.8) is 0 Å². The van der Waals surface area contributed by atoms with Crippen LogP contribution < -0.4 is 11.1 Å². The summed E-state index contributed by atoms with van der Waals surface area (Å²) >= 11 is 0. The lowest BCUT2D eigenvalue weighted by Gasteiger charge is -2.10. The number of anilines is 1. The number of carbonyl (C=O) groups is 1. The highest BCUT2D eigenvalue weighted by molar-refractivity contribution is 5.92. The number of benzene rings is 2. The van der Waals surface area contributed by atoms with E-state index in [0.29, 0.717) is 18.0 Å². The number of hydrogen-bond acceptors (Lipinski definition) is 2. The van der Waals surface area contributed by atoms with Crippen molar-refractivity contribution in [2.75, 3.05) is 5.32 Å². The quantitative estimate of drug-likeness (QED) is 0.881. The molecular weight excluding hydrogens is 267 g/mol. The average Bonchev–Trinajstić information content (AvgIpc) is 2.46. The van der Waals surface area contributed by atoms with Crippen molar-refractivity contribution in [2.24, 2.45) is 5.73 Å². The predicted octanol–water partition coefficient (Wildman–Crippen LogP) is 3.66. The van der Waals surface area contributed by atoms with E-state index >= 15 is 0 Å². The van der Waals surface area contributed by atoms with Gasteiger partial charge in [-0.2, -0.15) is 0 Å². The molecule has 21 heavy (non-hydrogen) atoms. The van der Waals surface area contributed by atoms with Gasteiger partial charge in [-0.15, -0.1) is 0 Å². The molecule has 0 atom stereocenters. The van der Waals surface area contributed by atoms with Crippen LogP contribution in [0.1, 0.15) is 41.3 Å². The van der Waals surface area contributed by atoms with Gasteiger partial charge in [-0.05, 0) is 35.7 Å². The molecule has 0 aromatic heterocycles. The molecule has 1 amide bonds. The standard InChI is InChI=1S/C17H19FN2O/c1-11(2)12-5-7-15(8-6-12)20-10-14-4-3-13(17(19)21)9-16(14)18/h3-9,11,20H,10H2,1-2H3,(H2,19,21). The highest BCUT2D eigenvalue weighted by Gasteiger charge is 2.07. The van der Waals surface area contributed by atoms with E-state index in [0.717, 1.165) is 5.69 Å². The fourth-order valence-electron chi connectivity index (χ4n) is 2.03. The Morgan fingerprint density at radius 3 is 2.38 bits per heavy atom. The summed E-state index contributed by atoms with van der Waals surface area (Å²) in [5.74, 6) is -0.576.